The highest BCUT2D eigenvalue weighted by Gasteiger charge is 2.26. The number of nitrogens with zero attached hydrogens (tertiary/aromatic N) is 1. The van der Waals surface area contributed by atoms with Gasteiger partial charge in [0.15, 0.2) is 0 Å². The number of benzene rings is 1. The molecule has 1 saturated heterocycles. The lowest BCUT2D eigenvalue weighted by Gasteiger charge is -2.30. The SMILES string of the molecule is CC(C)c1ccc(S(=O)(=O)NCC2CCN(S(C)(=O)=O)CC2)cc1. The van der Waals surface area contributed by atoms with E-state index in [9.17, 15) is 16.8 Å². The summed E-state index contributed by atoms with van der Waals surface area (Å²) < 4.78 is 51.8. The normalized spacial score (nSPS) is 18.2. The van der Waals surface area contributed by atoms with E-state index >= 15 is 0 Å². The van der Waals surface area contributed by atoms with Crippen molar-refractivity contribution in [1.29, 1.82) is 0 Å². The molecule has 0 spiro atoms. The molecule has 2 rings (SSSR count). The van der Waals surface area contributed by atoms with Crippen molar-refractivity contribution in [2.75, 3.05) is 25.9 Å². The first-order chi connectivity index (χ1) is 11.1. The third kappa shape index (κ3) is 5.02. The Balaban J connectivity index is 1.92. The van der Waals surface area contributed by atoms with Crippen molar-refractivity contribution in [2.45, 2.75) is 37.5 Å². The molecule has 6 nitrogen and oxygen atoms in total. The Morgan fingerprint density at radius 3 is 2.08 bits per heavy atom. The van der Waals surface area contributed by atoms with E-state index < -0.39 is 20.0 Å². The van der Waals surface area contributed by atoms with Gasteiger partial charge in [0.2, 0.25) is 20.0 Å². The van der Waals surface area contributed by atoms with Crippen LogP contribution in [0, 0.1) is 5.92 Å². The van der Waals surface area contributed by atoms with Crippen LogP contribution >= 0.6 is 0 Å². The number of nitrogens with one attached hydrogen (secondary N) is 1. The van der Waals surface area contributed by atoms with Gasteiger partial charge in [0.05, 0.1) is 11.2 Å². The summed E-state index contributed by atoms with van der Waals surface area (Å²) in [5.41, 5.74) is 1.10. The number of hydrogen-bond donors (Lipinski definition) is 1. The standard InChI is InChI=1S/C16H26N2O4S2/c1-13(2)15-4-6-16(7-5-15)24(21,22)17-12-14-8-10-18(11-9-14)23(3,19)20/h4-7,13-14,17H,8-12H2,1-3H3. The van der Waals surface area contributed by atoms with Crippen LogP contribution in [0.3, 0.4) is 0 Å². The number of piperidine rings is 1. The van der Waals surface area contributed by atoms with Crippen molar-refractivity contribution in [3.8, 4) is 0 Å². The summed E-state index contributed by atoms with van der Waals surface area (Å²) in [4.78, 5) is 0.264. The van der Waals surface area contributed by atoms with Crippen molar-refractivity contribution in [3.05, 3.63) is 29.8 Å². The predicted octanol–water partition coefficient (Wildman–Crippen LogP) is 1.76. The van der Waals surface area contributed by atoms with Gasteiger partial charge in [-0.2, -0.15) is 0 Å². The maximum absolute atomic E-state index is 12.4. The van der Waals surface area contributed by atoms with Crippen LogP contribution in [-0.4, -0.2) is 47.0 Å². The van der Waals surface area contributed by atoms with Gasteiger partial charge in [-0.05, 0) is 42.4 Å². The Hall–Kier alpha value is -0.960. The fourth-order valence-electron chi connectivity index (χ4n) is 2.79. The molecule has 24 heavy (non-hydrogen) atoms. The molecular weight excluding hydrogens is 348 g/mol. The highest BCUT2D eigenvalue weighted by Crippen LogP contribution is 2.20. The van der Waals surface area contributed by atoms with E-state index in [0.717, 1.165) is 5.56 Å². The van der Waals surface area contributed by atoms with Crippen LogP contribution in [0.4, 0.5) is 0 Å². The minimum atomic E-state index is -3.53. The van der Waals surface area contributed by atoms with Gasteiger partial charge in [-0.3, -0.25) is 0 Å². The van der Waals surface area contributed by atoms with Gasteiger partial charge in [-0.1, -0.05) is 26.0 Å². The maximum atomic E-state index is 12.4. The second-order valence-electron chi connectivity index (χ2n) is 6.68. The summed E-state index contributed by atoms with van der Waals surface area (Å²) in [6.45, 7) is 5.36. The van der Waals surface area contributed by atoms with Crippen molar-refractivity contribution in [1.82, 2.24) is 9.03 Å². The monoisotopic (exact) mass is 374 g/mol. The van der Waals surface area contributed by atoms with Gasteiger partial charge < -0.3 is 0 Å². The summed E-state index contributed by atoms with van der Waals surface area (Å²) >= 11 is 0. The first kappa shape index (κ1) is 19.4. The lowest BCUT2D eigenvalue weighted by molar-refractivity contribution is 0.275. The average molecular weight is 375 g/mol. The molecule has 136 valence electrons. The number of sulfonamides is 2. The van der Waals surface area contributed by atoms with Crippen LogP contribution in [-0.2, 0) is 20.0 Å². The Morgan fingerprint density at radius 2 is 1.62 bits per heavy atom. The fourth-order valence-corrected chi connectivity index (χ4v) is 4.78. The van der Waals surface area contributed by atoms with Crippen molar-refractivity contribution < 1.29 is 16.8 Å². The van der Waals surface area contributed by atoms with Crippen molar-refractivity contribution >= 4 is 20.0 Å². The summed E-state index contributed by atoms with van der Waals surface area (Å²) in [6, 6.07) is 6.93. The second kappa shape index (κ2) is 7.51. The molecule has 1 aliphatic heterocycles. The molecule has 0 radical (unpaired) electrons. The van der Waals surface area contributed by atoms with Crippen molar-refractivity contribution in [2.24, 2.45) is 5.92 Å². The topological polar surface area (TPSA) is 83.6 Å². The summed E-state index contributed by atoms with van der Waals surface area (Å²) in [5, 5.41) is 0. The van der Waals surface area contributed by atoms with Crippen LogP contribution in [0.25, 0.3) is 0 Å². The lowest BCUT2D eigenvalue weighted by atomic mass is 9.99. The molecule has 0 unspecified atom stereocenters. The van der Waals surface area contributed by atoms with E-state index in [4.69, 9.17) is 0 Å². The third-order valence-corrected chi connectivity index (χ3v) is 7.20. The van der Waals surface area contributed by atoms with E-state index in [-0.39, 0.29) is 10.8 Å². The third-order valence-electron chi connectivity index (χ3n) is 4.46. The van der Waals surface area contributed by atoms with E-state index in [1.807, 2.05) is 12.1 Å². The Labute approximate surface area is 145 Å². The zero-order chi connectivity index (χ0) is 18.0. The van der Waals surface area contributed by atoms with Crippen LogP contribution in [0.5, 0.6) is 0 Å². The predicted molar refractivity (Wildman–Crippen MR) is 94.9 cm³/mol. The zero-order valence-electron chi connectivity index (χ0n) is 14.4. The van der Waals surface area contributed by atoms with Crippen LogP contribution in [0.15, 0.2) is 29.2 Å². The van der Waals surface area contributed by atoms with Gasteiger partial charge >= 0.3 is 0 Å². The molecule has 0 bridgehead atoms. The molecule has 1 aliphatic rings. The Morgan fingerprint density at radius 1 is 1.08 bits per heavy atom. The van der Waals surface area contributed by atoms with Gasteiger partial charge in [0, 0.05) is 19.6 Å². The van der Waals surface area contributed by atoms with Gasteiger partial charge in [-0.15, -0.1) is 0 Å². The first-order valence-electron chi connectivity index (χ1n) is 8.14. The minimum Gasteiger partial charge on any atom is -0.213 e. The molecule has 8 heteroatoms. The molecule has 0 saturated carbocycles. The van der Waals surface area contributed by atoms with Gasteiger partial charge in [-0.25, -0.2) is 25.9 Å². The van der Waals surface area contributed by atoms with E-state index in [0.29, 0.717) is 38.4 Å². The van der Waals surface area contributed by atoms with E-state index in [1.165, 1.54) is 10.6 Å². The zero-order valence-corrected chi connectivity index (χ0v) is 16.0. The molecule has 0 aromatic heterocycles. The molecule has 1 aromatic carbocycles. The summed E-state index contributed by atoms with van der Waals surface area (Å²) in [5.74, 6) is 0.516. The van der Waals surface area contributed by atoms with Crippen molar-refractivity contribution in [3.63, 3.8) is 0 Å². The molecular formula is C16H26N2O4S2. The van der Waals surface area contributed by atoms with Crippen LogP contribution < -0.4 is 4.72 Å². The van der Waals surface area contributed by atoms with Crippen LogP contribution in [0.1, 0.15) is 38.2 Å². The first-order valence-corrected chi connectivity index (χ1v) is 11.5. The largest absolute Gasteiger partial charge is 0.240 e. The smallest absolute Gasteiger partial charge is 0.213 e. The molecule has 1 N–H and O–H groups in total. The molecule has 1 heterocycles. The molecule has 0 atom stereocenters. The molecule has 0 aliphatic carbocycles. The van der Waals surface area contributed by atoms with E-state index in [2.05, 4.69) is 18.6 Å². The molecule has 1 fully saturated rings. The Bertz CT molecular complexity index is 748. The minimum absolute atomic E-state index is 0.160. The van der Waals surface area contributed by atoms with Gasteiger partial charge in [0.1, 0.15) is 0 Å². The molecule has 0 amide bonds. The number of hydrogen-bond acceptors (Lipinski definition) is 4. The fraction of sp³-hybridized carbons (Fsp3) is 0.625. The number of rotatable bonds is 6. The summed E-state index contributed by atoms with van der Waals surface area (Å²) in [7, 11) is -6.68. The average Bonchev–Trinajstić information content (AvgIpc) is 2.52. The highest BCUT2D eigenvalue weighted by molar-refractivity contribution is 7.89. The lowest BCUT2D eigenvalue weighted by Crippen LogP contribution is -2.41. The quantitative estimate of drug-likeness (QED) is 0.822. The van der Waals surface area contributed by atoms with E-state index in [1.54, 1.807) is 12.1 Å². The highest BCUT2D eigenvalue weighted by atomic mass is 32.2. The molecule has 1 aromatic rings. The second-order valence-corrected chi connectivity index (χ2v) is 10.4. The summed E-state index contributed by atoms with van der Waals surface area (Å²) in [6.07, 6.45) is 2.54. The van der Waals surface area contributed by atoms with Crippen LogP contribution in [0.2, 0.25) is 0 Å². The Kier molecular flexibility index (Phi) is 6.06. The maximum Gasteiger partial charge on any atom is 0.240 e. The van der Waals surface area contributed by atoms with Gasteiger partial charge in [0.25, 0.3) is 0 Å².